The summed E-state index contributed by atoms with van der Waals surface area (Å²) in [6.45, 7) is 0. The molecule has 1 aromatic carbocycles. The number of carbonyl (C=O) groups excluding carboxylic acids is 2. The lowest BCUT2D eigenvalue weighted by Gasteiger charge is -2.14. The highest BCUT2D eigenvalue weighted by Gasteiger charge is 2.16. The van der Waals surface area contributed by atoms with Crippen LogP contribution in [0.1, 0.15) is 28.8 Å². The molecule has 0 saturated heterocycles. The Hall–Kier alpha value is -1.82. The first-order valence-corrected chi connectivity index (χ1v) is 6.68. The van der Waals surface area contributed by atoms with Gasteiger partial charge in [-0.3, -0.25) is 9.59 Å². The molecule has 3 N–H and O–H groups in total. The average molecular weight is 263 g/mol. The van der Waals surface area contributed by atoms with E-state index in [4.69, 9.17) is 5.73 Å². The van der Waals surface area contributed by atoms with Crippen molar-refractivity contribution in [3.05, 3.63) is 29.3 Å². The second kappa shape index (κ2) is 5.22. The molecular formula is C12H13N3O2S. The normalized spacial score (nSPS) is 14.9. The van der Waals surface area contributed by atoms with Gasteiger partial charge in [-0.2, -0.15) is 5.10 Å². The molecule has 0 bridgehead atoms. The second-order valence-electron chi connectivity index (χ2n) is 3.89. The van der Waals surface area contributed by atoms with Crippen molar-refractivity contribution < 1.29 is 9.59 Å². The quantitative estimate of drug-likeness (QED) is 0.790. The lowest BCUT2D eigenvalue weighted by molar-refractivity contribution is -0.121. The van der Waals surface area contributed by atoms with Crippen LogP contribution >= 0.6 is 11.8 Å². The molecular weight excluding hydrogens is 250 g/mol. The van der Waals surface area contributed by atoms with Crippen LogP contribution in [0.2, 0.25) is 0 Å². The average Bonchev–Trinajstić information content (AvgIpc) is 2.39. The third-order valence-electron chi connectivity index (χ3n) is 2.69. The third-order valence-corrected chi connectivity index (χ3v) is 3.29. The molecule has 1 aliphatic heterocycles. The molecule has 1 aromatic rings. The summed E-state index contributed by atoms with van der Waals surface area (Å²) in [4.78, 5) is 22.5. The molecule has 0 fully saturated rings. The fraction of sp³-hybridized carbons (Fsp3) is 0.250. The highest BCUT2D eigenvalue weighted by atomic mass is 32.2. The summed E-state index contributed by atoms with van der Waals surface area (Å²) >= 11 is 1.15. The number of nitrogens with zero attached hydrogens (tertiary/aromatic N) is 1. The molecule has 0 saturated carbocycles. The predicted molar refractivity (Wildman–Crippen MR) is 72.6 cm³/mol. The number of carbonyl (C=O) groups is 2. The summed E-state index contributed by atoms with van der Waals surface area (Å²) in [5.74, 6) is -0.0912. The number of hydrogen-bond donors (Lipinski definition) is 2. The zero-order valence-electron chi connectivity index (χ0n) is 9.90. The van der Waals surface area contributed by atoms with Crippen LogP contribution in [0.5, 0.6) is 0 Å². The predicted octanol–water partition coefficient (Wildman–Crippen LogP) is 1.39. The number of hydrogen-bond acceptors (Lipinski definition) is 5. The van der Waals surface area contributed by atoms with Crippen LogP contribution in [-0.4, -0.2) is 23.0 Å². The van der Waals surface area contributed by atoms with Gasteiger partial charge in [0.05, 0.1) is 5.71 Å². The fourth-order valence-corrected chi connectivity index (χ4v) is 2.10. The lowest BCUT2D eigenvalue weighted by atomic mass is 10.0. The number of rotatable bonds is 2. The molecule has 1 amide bonds. The standard InChI is InChI=1S/C12H13N3O2S/c1-18-12(17)7-2-3-8(9(13)6-7)10-4-5-11(16)15-14-10/h2-3,6H,4-5,13H2,1H3,(H,15,16). The van der Waals surface area contributed by atoms with Crippen LogP contribution in [0.15, 0.2) is 23.3 Å². The van der Waals surface area contributed by atoms with E-state index < -0.39 is 0 Å². The molecule has 1 aliphatic rings. The van der Waals surface area contributed by atoms with Crippen LogP contribution in [-0.2, 0) is 4.79 Å². The molecule has 0 radical (unpaired) electrons. The summed E-state index contributed by atoms with van der Waals surface area (Å²) < 4.78 is 0. The summed E-state index contributed by atoms with van der Waals surface area (Å²) in [5.41, 5.74) is 10.9. The van der Waals surface area contributed by atoms with Crippen molar-refractivity contribution in [2.75, 3.05) is 12.0 Å². The Morgan fingerprint density at radius 1 is 1.44 bits per heavy atom. The second-order valence-corrected chi connectivity index (χ2v) is 4.67. The highest BCUT2D eigenvalue weighted by Crippen LogP contribution is 2.20. The first kappa shape index (κ1) is 12.6. The molecule has 1 heterocycles. The van der Waals surface area contributed by atoms with E-state index in [0.29, 0.717) is 24.1 Å². The minimum Gasteiger partial charge on any atom is -0.398 e. The third kappa shape index (κ3) is 2.53. The maximum atomic E-state index is 11.5. The van der Waals surface area contributed by atoms with Crippen molar-refractivity contribution in [2.24, 2.45) is 5.10 Å². The van der Waals surface area contributed by atoms with E-state index in [-0.39, 0.29) is 11.0 Å². The monoisotopic (exact) mass is 263 g/mol. The zero-order chi connectivity index (χ0) is 13.1. The van der Waals surface area contributed by atoms with Gasteiger partial charge in [0.15, 0.2) is 0 Å². The van der Waals surface area contributed by atoms with Gasteiger partial charge < -0.3 is 5.73 Å². The van der Waals surface area contributed by atoms with Crippen molar-refractivity contribution in [1.29, 1.82) is 0 Å². The van der Waals surface area contributed by atoms with Gasteiger partial charge in [0, 0.05) is 29.7 Å². The maximum Gasteiger partial charge on any atom is 0.240 e. The minimum atomic E-state index is -0.0912. The highest BCUT2D eigenvalue weighted by molar-refractivity contribution is 8.13. The molecule has 2 rings (SSSR count). The topological polar surface area (TPSA) is 84.5 Å². The molecule has 0 atom stereocenters. The number of benzene rings is 1. The van der Waals surface area contributed by atoms with Gasteiger partial charge in [0.1, 0.15) is 0 Å². The van der Waals surface area contributed by atoms with Crippen LogP contribution in [0.25, 0.3) is 0 Å². The van der Waals surface area contributed by atoms with Crippen LogP contribution < -0.4 is 11.2 Å². The Morgan fingerprint density at radius 2 is 2.22 bits per heavy atom. The van der Waals surface area contributed by atoms with Crippen LogP contribution in [0, 0.1) is 0 Å². The number of nitrogens with one attached hydrogen (secondary N) is 1. The smallest absolute Gasteiger partial charge is 0.240 e. The summed E-state index contributed by atoms with van der Waals surface area (Å²) in [5, 5.41) is 3.96. The van der Waals surface area contributed by atoms with Crippen molar-refractivity contribution in [1.82, 2.24) is 5.43 Å². The van der Waals surface area contributed by atoms with E-state index in [1.807, 2.05) is 0 Å². The minimum absolute atomic E-state index is 0.0212. The summed E-state index contributed by atoms with van der Waals surface area (Å²) in [7, 11) is 0. The maximum absolute atomic E-state index is 11.5. The largest absolute Gasteiger partial charge is 0.398 e. The number of thioether (sulfide) groups is 1. The van der Waals surface area contributed by atoms with Gasteiger partial charge in [0.25, 0.3) is 0 Å². The Balaban J connectivity index is 2.30. The number of hydrazone groups is 1. The van der Waals surface area contributed by atoms with Crippen molar-refractivity contribution >= 4 is 34.2 Å². The Bertz CT molecular complexity index is 540. The molecule has 6 heteroatoms. The van der Waals surface area contributed by atoms with Gasteiger partial charge >= 0.3 is 0 Å². The molecule has 18 heavy (non-hydrogen) atoms. The summed E-state index contributed by atoms with van der Waals surface area (Å²) in [6.07, 6.45) is 2.70. The van der Waals surface area contributed by atoms with Gasteiger partial charge in [-0.25, -0.2) is 5.43 Å². The molecule has 0 spiro atoms. The lowest BCUT2D eigenvalue weighted by Crippen LogP contribution is -2.26. The Labute approximate surface area is 109 Å². The van der Waals surface area contributed by atoms with Gasteiger partial charge in [-0.15, -0.1) is 0 Å². The van der Waals surface area contributed by atoms with Crippen LogP contribution in [0.3, 0.4) is 0 Å². The fourth-order valence-electron chi connectivity index (χ4n) is 1.74. The van der Waals surface area contributed by atoms with Gasteiger partial charge in [-0.05, 0) is 18.4 Å². The van der Waals surface area contributed by atoms with Crippen molar-refractivity contribution in [3.63, 3.8) is 0 Å². The first-order chi connectivity index (χ1) is 8.61. The summed E-state index contributed by atoms with van der Waals surface area (Å²) in [6, 6.07) is 5.14. The molecule has 0 aliphatic carbocycles. The number of nitrogen functional groups attached to an aromatic ring is 1. The van der Waals surface area contributed by atoms with E-state index >= 15 is 0 Å². The molecule has 0 aromatic heterocycles. The van der Waals surface area contributed by atoms with Crippen LogP contribution in [0.4, 0.5) is 5.69 Å². The van der Waals surface area contributed by atoms with E-state index in [1.165, 1.54) is 0 Å². The van der Waals surface area contributed by atoms with E-state index in [9.17, 15) is 9.59 Å². The molecule has 94 valence electrons. The molecule has 5 nitrogen and oxygen atoms in total. The number of amides is 1. The Morgan fingerprint density at radius 3 is 2.78 bits per heavy atom. The first-order valence-electron chi connectivity index (χ1n) is 5.45. The van der Waals surface area contributed by atoms with Gasteiger partial charge in [-0.1, -0.05) is 17.8 Å². The number of anilines is 1. The van der Waals surface area contributed by atoms with E-state index in [0.717, 1.165) is 23.0 Å². The Kier molecular flexibility index (Phi) is 3.66. The van der Waals surface area contributed by atoms with E-state index in [2.05, 4.69) is 10.5 Å². The molecule has 0 unspecified atom stereocenters. The SMILES string of the molecule is CSC(=O)c1ccc(C2=NNC(=O)CC2)c(N)c1. The van der Waals surface area contributed by atoms with E-state index in [1.54, 1.807) is 24.5 Å². The van der Waals surface area contributed by atoms with Crippen molar-refractivity contribution in [2.45, 2.75) is 12.8 Å². The zero-order valence-corrected chi connectivity index (χ0v) is 10.7. The van der Waals surface area contributed by atoms with Crippen molar-refractivity contribution in [3.8, 4) is 0 Å². The van der Waals surface area contributed by atoms with Gasteiger partial charge in [0.2, 0.25) is 11.0 Å². The number of nitrogens with two attached hydrogens (primary N) is 1.